The standard InChI is InChI=1S/2C9H8F4.2C9H9F3O.2C9H9F3.C9H10F2O.C9H10F2.C9H11FO.C9H11F.2FH/c2*1-5-3-4-6(2)8(10)7(5)9(11,12)13;2*1-6-3-4-7(2)8(5-6)13-9(10,11)12;2*1-5-3-4-6(2)8(10)7(5)9(11)12;1-6-3-4-7(2)9(8(6)11)12-5-10;1-6-3-4-7(2)9(11)8(6)5-10;1-6-4-5-7(2)9(11-3)8(6)10;1-6-4-5-7(2)9(10)8(6)3;;/h2*3-4H,1-2H3;2*3-5H,1-2H3;2*3-4,9H,1-2H3;3-4H,5H2,1-2H3;3-4H,5H2,1-2H3;4-5H,1-3H3;4-5H,1-3H3;2*1H. The van der Waals surface area contributed by atoms with Crippen LogP contribution in [-0.2, 0) is 19.0 Å². The van der Waals surface area contributed by atoms with E-state index in [0.29, 0.717) is 55.8 Å². The lowest BCUT2D eigenvalue weighted by molar-refractivity contribution is -0.275. The maximum absolute atomic E-state index is 13.2. The van der Waals surface area contributed by atoms with Crippen molar-refractivity contribution in [3.63, 3.8) is 0 Å². The summed E-state index contributed by atoms with van der Waals surface area (Å²) < 4.78 is 339. The second kappa shape index (κ2) is 50.8. The molecule has 0 saturated carbocycles. The number of hydrogen-bond acceptors (Lipinski definition) is 4. The van der Waals surface area contributed by atoms with E-state index in [1.54, 1.807) is 137 Å². The van der Waals surface area contributed by atoms with Crippen molar-refractivity contribution in [2.75, 3.05) is 14.0 Å². The molecule has 0 aromatic heterocycles. The summed E-state index contributed by atoms with van der Waals surface area (Å²) in [6, 6.07) is 34.6. The van der Waals surface area contributed by atoms with Crippen molar-refractivity contribution in [1.29, 1.82) is 0 Å². The van der Waals surface area contributed by atoms with E-state index in [1.807, 2.05) is 26.0 Å². The van der Waals surface area contributed by atoms with E-state index < -0.39 is 109 Å². The minimum absolute atomic E-state index is 0. The predicted molar refractivity (Wildman–Crippen MR) is 420 cm³/mol. The third kappa shape index (κ3) is 36.2. The number of methoxy groups -OCH3 is 1. The zero-order valence-corrected chi connectivity index (χ0v) is 70.5. The Kier molecular flexibility index (Phi) is 47.2. The van der Waals surface area contributed by atoms with Gasteiger partial charge in [-0.2, -0.15) is 26.3 Å². The van der Waals surface area contributed by atoms with Crippen LogP contribution in [0.5, 0.6) is 23.0 Å². The van der Waals surface area contributed by atoms with Gasteiger partial charge in [-0.25, -0.2) is 61.5 Å². The fourth-order valence-electron chi connectivity index (χ4n) is 10.2. The molecule has 0 bridgehead atoms. The molecule has 0 unspecified atom stereocenters. The molecule has 676 valence electrons. The molecule has 4 nitrogen and oxygen atoms in total. The van der Waals surface area contributed by atoms with Gasteiger partial charge in [0.2, 0.25) is 6.86 Å². The lowest BCUT2D eigenvalue weighted by Gasteiger charge is -2.12. The lowest BCUT2D eigenvalue weighted by atomic mass is 10.0. The molecule has 0 heterocycles. The Hall–Kier alpha value is -10.6. The number of hydrogen-bond donors (Lipinski definition) is 0. The molecule has 0 radical (unpaired) electrons. The van der Waals surface area contributed by atoms with Gasteiger partial charge in [0.15, 0.2) is 23.1 Å². The number of benzene rings is 10. The summed E-state index contributed by atoms with van der Waals surface area (Å²) in [6.07, 6.45) is -23.9. The Morgan fingerprint density at radius 1 is 0.279 bits per heavy atom. The fourth-order valence-corrected chi connectivity index (χ4v) is 10.2. The Morgan fingerprint density at radius 3 is 0.795 bits per heavy atom. The molecule has 10 aromatic rings. The zero-order valence-electron chi connectivity index (χ0n) is 70.5. The molecule has 0 fully saturated rings. The van der Waals surface area contributed by atoms with Gasteiger partial charge in [-0.1, -0.05) is 121 Å². The molecule has 0 amide bonds. The first-order valence-electron chi connectivity index (χ1n) is 35.8. The topological polar surface area (TPSA) is 36.9 Å². The highest BCUT2D eigenvalue weighted by atomic mass is 19.4. The molecule has 122 heavy (non-hydrogen) atoms. The first-order valence-corrected chi connectivity index (χ1v) is 35.8. The van der Waals surface area contributed by atoms with Gasteiger partial charge in [0.25, 0.3) is 12.9 Å². The number of rotatable bonds is 8. The molecule has 32 heteroatoms. The van der Waals surface area contributed by atoms with Crippen LogP contribution in [0.15, 0.2) is 133 Å². The Balaban J connectivity index is 0. The Morgan fingerprint density at radius 2 is 0.533 bits per heavy atom. The molecule has 0 N–H and O–H groups in total. The molecule has 10 aromatic carbocycles. The minimum Gasteiger partial charge on any atom is -0.493 e. The van der Waals surface area contributed by atoms with E-state index in [9.17, 15) is 114 Å². The second-order valence-electron chi connectivity index (χ2n) is 27.3. The van der Waals surface area contributed by atoms with Crippen LogP contribution in [0.2, 0.25) is 0 Å². The molecule has 0 atom stereocenters. The van der Waals surface area contributed by atoms with Crippen molar-refractivity contribution in [2.45, 2.75) is 190 Å². The average Bonchev–Trinajstić information content (AvgIpc) is 0.804. The molecular formula is C90H96F28O4. The number of aryl methyl sites for hydroxylation is 20. The minimum atomic E-state index is -4.61. The molecule has 0 aliphatic heterocycles. The molecule has 0 aliphatic carbocycles. The smallest absolute Gasteiger partial charge is 0.493 e. The number of halogens is 28. The van der Waals surface area contributed by atoms with Gasteiger partial charge >= 0.3 is 25.1 Å². The van der Waals surface area contributed by atoms with Gasteiger partial charge < -0.3 is 18.9 Å². The van der Waals surface area contributed by atoms with Crippen molar-refractivity contribution in [3.8, 4) is 23.0 Å². The normalized spacial score (nSPS) is 10.7. The van der Waals surface area contributed by atoms with Gasteiger partial charge in [-0.3, -0.25) is 9.41 Å². The van der Waals surface area contributed by atoms with Gasteiger partial charge in [-0.15, -0.1) is 26.3 Å². The average molecular weight is 1770 g/mol. The molecule has 0 spiro atoms. The van der Waals surface area contributed by atoms with Crippen LogP contribution in [0, 0.1) is 192 Å². The predicted octanol–water partition coefficient (Wildman–Crippen LogP) is 31.3. The highest BCUT2D eigenvalue weighted by Crippen LogP contribution is 2.38. The first kappa shape index (κ1) is 113. The van der Waals surface area contributed by atoms with E-state index in [1.165, 1.54) is 123 Å². The summed E-state index contributed by atoms with van der Waals surface area (Å²) in [6.45, 7) is 31.5. The van der Waals surface area contributed by atoms with E-state index in [-0.39, 0.29) is 77.2 Å². The van der Waals surface area contributed by atoms with Crippen molar-refractivity contribution < 1.29 is 143 Å². The Labute approximate surface area is 691 Å². The van der Waals surface area contributed by atoms with Crippen LogP contribution >= 0.6 is 0 Å². The molecule has 0 saturated heterocycles. The summed E-state index contributed by atoms with van der Waals surface area (Å²) in [7, 11) is 1.48. The molecular weight excluding hydrogens is 1680 g/mol. The van der Waals surface area contributed by atoms with E-state index in [0.717, 1.165) is 33.4 Å². The van der Waals surface area contributed by atoms with Crippen LogP contribution in [0.1, 0.15) is 158 Å². The Bertz CT molecular complexity index is 4690. The highest BCUT2D eigenvalue weighted by Gasteiger charge is 2.38. The van der Waals surface area contributed by atoms with Crippen LogP contribution in [0.25, 0.3) is 0 Å². The molecule has 10 rings (SSSR count). The summed E-state index contributed by atoms with van der Waals surface area (Å²) in [5.74, 6) is -5.04. The van der Waals surface area contributed by atoms with Crippen molar-refractivity contribution in [3.05, 3.63) is 325 Å². The largest absolute Gasteiger partial charge is 0.573 e. The fraction of sp³-hybridized carbons (Fsp3) is 0.333. The summed E-state index contributed by atoms with van der Waals surface area (Å²) in [5, 5.41) is 0. The third-order valence-electron chi connectivity index (χ3n) is 17.4. The number of alkyl halides is 18. The maximum atomic E-state index is 13.2. The second-order valence-corrected chi connectivity index (χ2v) is 27.3. The third-order valence-corrected chi connectivity index (χ3v) is 17.4. The van der Waals surface area contributed by atoms with Crippen molar-refractivity contribution >= 4 is 0 Å². The van der Waals surface area contributed by atoms with Crippen LogP contribution in [0.4, 0.5) is 124 Å². The van der Waals surface area contributed by atoms with Gasteiger partial charge in [0.05, 0.1) is 29.4 Å². The van der Waals surface area contributed by atoms with Crippen molar-refractivity contribution in [1.82, 2.24) is 0 Å². The summed E-state index contributed by atoms with van der Waals surface area (Å²) >= 11 is 0. The SMILES string of the molecule is COc1c(C)ccc(C)c1F.Cc1ccc(C)c(C(F)(F)F)c1F.Cc1ccc(C)c(C(F)(F)F)c1F.Cc1ccc(C)c(C(F)F)c1F.Cc1ccc(C)c(C(F)F)c1F.Cc1ccc(C)c(CF)c1F.Cc1ccc(C)c(F)c1C.Cc1ccc(C)c(OC(F)(F)F)c1.Cc1ccc(C)c(OC(F)(F)F)c1.Cc1ccc(C)c(OCF)c1F.F.F. The van der Waals surface area contributed by atoms with Gasteiger partial charge in [0.1, 0.15) is 53.1 Å². The number of ether oxygens (including phenoxy) is 4. The quantitative estimate of drug-likeness (QED) is 0.142. The zero-order chi connectivity index (χ0) is 92.9. The van der Waals surface area contributed by atoms with Crippen LogP contribution in [-0.4, -0.2) is 26.7 Å². The van der Waals surface area contributed by atoms with Gasteiger partial charge in [0, 0.05) is 5.56 Å². The lowest BCUT2D eigenvalue weighted by Crippen LogP contribution is -2.17. The van der Waals surface area contributed by atoms with E-state index >= 15 is 0 Å². The summed E-state index contributed by atoms with van der Waals surface area (Å²) in [5.41, 5.74) is 6.51. The van der Waals surface area contributed by atoms with Crippen molar-refractivity contribution in [2.24, 2.45) is 0 Å². The van der Waals surface area contributed by atoms with Gasteiger partial charge in [-0.05, 0) is 274 Å². The molecule has 0 aliphatic rings. The van der Waals surface area contributed by atoms with Crippen LogP contribution < -0.4 is 18.9 Å². The van der Waals surface area contributed by atoms with E-state index in [4.69, 9.17) is 4.74 Å². The first-order chi connectivity index (χ1) is 55.1. The van der Waals surface area contributed by atoms with E-state index in [2.05, 4.69) is 14.2 Å². The maximum Gasteiger partial charge on any atom is 0.573 e. The summed E-state index contributed by atoms with van der Waals surface area (Å²) in [4.78, 5) is 0. The van der Waals surface area contributed by atoms with Crippen LogP contribution in [0.3, 0.4) is 0 Å². The monoisotopic (exact) mass is 1770 g/mol. The highest BCUT2D eigenvalue weighted by molar-refractivity contribution is 5.42.